The van der Waals surface area contributed by atoms with Gasteiger partial charge < -0.3 is 4.57 Å². The Labute approximate surface area is 156 Å². The van der Waals surface area contributed by atoms with Gasteiger partial charge in [0.25, 0.3) is 0 Å². The quantitative estimate of drug-likeness (QED) is 0.427. The number of benzene rings is 1. The van der Waals surface area contributed by atoms with Gasteiger partial charge in [-0.25, -0.2) is 4.39 Å². The van der Waals surface area contributed by atoms with Crippen molar-refractivity contribution in [3.05, 3.63) is 45.2 Å². The SMILES string of the molecule is Cc1cc(S(Cl)(Cl)CF)c(C)n1-c1c(Cl)cc(C(F)(F)F)cc1Cl. The fourth-order valence-electron chi connectivity index (χ4n) is 2.38. The van der Waals surface area contributed by atoms with Crippen LogP contribution >= 0.6 is 53.0 Å². The molecular formula is C14H11Cl4F4NS. The van der Waals surface area contributed by atoms with Crippen LogP contribution in [-0.4, -0.2) is 10.6 Å². The van der Waals surface area contributed by atoms with Gasteiger partial charge in [0.1, 0.15) is 6.01 Å². The van der Waals surface area contributed by atoms with Gasteiger partial charge in [-0.15, -0.1) is 0 Å². The molecule has 2 rings (SSSR count). The maximum absolute atomic E-state index is 13.1. The fraction of sp³-hybridized carbons (Fsp3) is 0.286. The number of aromatic nitrogens is 1. The van der Waals surface area contributed by atoms with Crippen molar-refractivity contribution in [1.82, 2.24) is 4.57 Å². The zero-order valence-corrected chi connectivity index (χ0v) is 16.2. The summed E-state index contributed by atoms with van der Waals surface area (Å²) in [5, 5.41) is -0.374. The van der Waals surface area contributed by atoms with Crippen molar-refractivity contribution < 1.29 is 17.6 Å². The Morgan fingerprint density at radius 3 is 1.96 bits per heavy atom. The van der Waals surface area contributed by atoms with Crippen LogP contribution in [0.4, 0.5) is 17.6 Å². The van der Waals surface area contributed by atoms with Gasteiger partial charge in [-0.1, -0.05) is 23.2 Å². The van der Waals surface area contributed by atoms with Crippen LogP contribution in [0.25, 0.3) is 5.69 Å². The van der Waals surface area contributed by atoms with Gasteiger partial charge in [0.2, 0.25) is 0 Å². The summed E-state index contributed by atoms with van der Waals surface area (Å²) in [7, 11) is 9.36. The molecular weight excluding hydrogens is 432 g/mol. The minimum atomic E-state index is -4.57. The number of alkyl halides is 4. The van der Waals surface area contributed by atoms with Crippen molar-refractivity contribution in [2.45, 2.75) is 24.9 Å². The first kappa shape index (κ1) is 20.0. The molecule has 2 aromatic rings. The van der Waals surface area contributed by atoms with Crippen molar-refractivity contribution >= 4 is 53.0 Å². The molecule has 10 heteroatoms. The highest BCUT2D eigenvalue weighted by Crippen LogP contribution is 2.66. The Bertz CT molecular complexity index is 763. The van der Waals surface area contributed by atoms with E-state index in [1.54, 1.807) is 19.9 Å². The Balaban J connectivity index is 2.71. The molecule has 0 radical (unpaired) electrons. The molecule has 0 bridgehead atoms. The number of aryl methyl sites for hydroxylation is 1. The van der Waals surface area contributed by atoms with Gasteiger partial charge >= 0.3 is 6.18 Å². The van der Waals surface area contributed by atoms with Crippen molar-refractivity contribution in [2.24, 2.45) is 0 Å². The lowest BCUT2D eigenvalue weighted by Gasteiger charge is -2.21. The van der Waals surface area contributed by atoms with Gasteiger partial charge in [-0.05, 0) is 61.9 Å². The van der Waals surface area contributed by atoms with E-state index in [9.17, 15) is 17.6 Å². The van der Waals surface area contributed by atoms with E-state index in [-0.39, 0.29) is 15.7 Å². The summed E-state index contributed by atoms with van der Waals surface area (Å²) in [6.45, 7) is 3.29. The first-order chi connectivity index (χ1) is 10.9. The van der Waals surface area contributed by atoms with Crippen LogP contribution in [0.3, 0.4) is 0 Å². The van der Waals surface area contributed by atoms with E-state index in [0.29, 0.717) is 16.3 Å². The molecule has 0 saturated carbocycles. The third-order valence-corrected chi connectivity index (χ3v) is 6.81. The van der Waals surface area contributed by atoms with Crippen molar-refractivity contribution in [3.63, 3.8) is 0 Å². The Kier molecular flexibility index (Phi) is 5.68. The number of rotatable bonds is 3. The zero-order chi connectivity index (χ0) is 18.4. The molecule has 0 atom stereocenters. The minimum absolute atomic E-state index is 0.162. The Hall–Kier alpha value is -0.270. The second-order valence-electron chi connectivity index (χ2n) is 5.04. The topological polar surface area (TPSA) is 4.93 Å². The first-order valence-electron chi connectivity index (χ1n) is 6.42. The van der Waals surface area contributed by atoms with E-state index >= 15 is 0 Å². The van der Waals surface area contributed by atoms with Crippen LogP contribution in [0.15, 0.2) is 23.1 Å². The highest BCUT2D eigenvalue weighted by atomic mass is 36.0. The van der Waals surface area contributed by atoms with Gasteiger partial charge in [0.15, 0.2) is 0 Å². The second kappa shape index (κ2) is 6.80. The van der Waals surface area contributed by atoms with Crippen molar-refractivity contribution in [2.75, 3.05) is 6.01 Å². The van der Waals surface area contributed by atoms with Crippen LogP contribution in [0.5, 0.6) is 0 Å². The summed E-state index contributed by atoms with van der Waals surface area (Å²) >= 11 is 12.1. The van der Waals surface area contributed by atoms with Crippen LogP contribution in [-0.2, 0) is 6.18 Å². The number of nitrogens with zero attached hydrogens (tertiary/aromatic N) is 1. The van der Waals surface area contributed by atoms with Crippen molar-refractivity contribution in [3.8, 4) is 5.69 Å². The molecule has 0 spiro atoms. The normalized spacial score (nSPS) is 13.4. The highest BCUT2D eigenvalue weighted by molar-refractivity contribution is 8.65. The monoisotopic (exact) mass is 441 g/mol. The van der Waals surface area contributed by atoms with E-state index in [2.05, 4.69) is 0 Å². The Morgan fingerprint density at radius 1 is 1.04 bits per heavy atom. The predicted octanol–water partition coefficient (Wildman–Crippen LogP) is 7.82. The predicted molar refractivity (Wildman–Crippen MR) is 93.8 cm³/mol. The molecule has 0 saturated heterocycles. The van der Waals surface area contributed by atoms with E-state index < -0.39 is 26.2 Å². The molecule has 0 aliphatic rings. The molecule has 1 nitrogen and oxygen atoms in total. The molecule has 0 unspecified atom stereocenters. The maximum Gasteiger partial charge on any atom is 0.416 e. The lowest BCUT2D eigenvalue weighted by atomic mass is 10.2. The van der Waals surface area contributed by atoms with Crippen LogP contribution in [0, 0.1) is 13.8 Å². The lowest BCUT2D eigenvalue weighted by molar-refractivity contribution is -0.137. The molecule has 0 aliphatic heterocycles. The lowest BCUT2D eigenvalue weighted by Crippen LogP contribution is -2.08. The largest absolute Gasteiger partial charge is 0.416 e. The first-order valence-corrected chi connectivity index (χ1v) is 10.6. The molecule has 0 aliphatic carbocycles. The van der Waals surface area contributed by atoms with Gasteiger partial charge in [-0.2, -0.15) is 13.2 Å². The summed E-state index contributed by atoms with van der Waals surface area (Å²) in [6, 6.07) is 2.21. The van der Waals surface area contributed by atoms with Gasteiger partial charge in [0, 0.05) is 16.3 Å². The standard InChI is InChI=1S/C14H11Cl4F4NS/c1-7-3-12(24(17,18)6-19)8(2)23(7)13-10(15)4-9(5-11(13)16)14(20,21)22/h3-5H,6H2,1-2H3. The van der Waals surface area contributed by atoms with Crippen LogP contribution < -0.4 is 0 Å². The average Bonchev–Trinajstić information content (AvgIpc) is 2.74. The van der Waals surface area contributed by atoms with Crippen LogP contribution in [0.2, 0.25) is 10.0 Å². The summed E-state index contributed by atoms with van der Waals surface area (Å²) in [5.41, 5.74) is 0.240. The number of hydrogen-bond acceptors (Lipinski definition) is 0. The smallest absolute Gasteiger partial charge is 0.315 e. The molecule has 0 fully saturated rings. The molecule has 0 amide bonds. The van der Waals surface area contributed by atoms with E-state index in [0.717, 1.165) is 12.1 Å². The number of hydrogen-bond donors (Lipinski definition) is 0. The van der Waals surface area contributed by atoms with E-state index in [1.807, 2.05) is 0 Å². The summed E-state index contributed by atoms with van der Waals surface area (Å²) in [6.07, 6.45) is -4.57. The molecule has 1 heterocycles. The second-order valence-corrected chi connectivity index (χ2v) is 11.3. The molecule has 134 valence electrons. The van der Waals surface area contributed by atoms with Crippen LogP contribution in [0.1, 0.15) is 17.0 Å². The Morgan fingerprint density at radius 2 is 1.54 bits per heavy atom. The highest BCUT2D eigenvalue weighted by Gasteiger charge is 2.33. The third kappa shape index (κ3) is 3.63. The maximum atomic E-state index is 13.1. The van der Waals surface area contributed by atoms with E-state index in [4.69, 9.17) is 44.6 Å². The summed E-state index contributed by atoms with van der Waals surface area (Å²) in [4.78, 5) is 0.373. The summed E-state index contributed by atoms with van der Waals surface area (Å²) in [5.74, 6) is 0. The minimum Gasteiger partial charge on any atom is -0.315 e. The molecule has 1 aromatic carbocycles. The number of halogens is 8. The zero-order valence-electron chi connectivity index (χ0n) is 12.3. The van der Waals surface area contributed by atoms with E-state index in [1.165, 1.54) is 4.57 Å². The van der Waals surface area contributed by atoms with Gasteiger partial charge in [0.05, 0.1) is 21.3 Å². The fourth-order valence-corrected chi connectivity index (χ4v) is 4.96. The molecule has 1 aromatic heterocycles. The third-order valence-electron chi connectivity index (χ3n) is 3.41. The molecule has 24 heavy (non-hydrogen) atoms. The van der Waals surface area contributed by atoms with Gasteiger partial charge in [-0.3, -0.25) is 0 Å². The molecule has 0 N–H and O–H groups in total. The summed E-state index contributed by atoms with van der Waals surface area (Å²) < 4.78 is 53.2. The average molecular weight is 443 g/mol. The van der Waals surface area contributed by atoms with Crippen molar-refractivity contribution in [1.29, 1.82) is 0 Å².